The Bertz CT molecular complexity index is 762. The molecule has 0 aliphatic heterocycles. The molecule has 2 rings (SSSR count). The third-order valence-corrected chi connectivity index (χ3v) is 4.00. The average Bonchev–Trinajstić information content (AvgIpc) is 2.56. The Kier molecular flexibility index (Phi) is 5.82. The third kappa shape index (κ3) is 4.06. The summed E-state index contributed by atoms with van der Waals surface area (Å²) in [5, 5.41) is 3.31. The molecule has 0 saturated carbocycles. The van der Waals surface area contributed by atoms with Crippen LogP contribution in [0.5, 0.6) is 5.75 Å². The highest BCUT2D eigenvalue weighted by atomic mass is 35.5. The van der Waals surface area contributed by atoms with Gasteiger partial charge in [0, 0.05) is 17.6 Å². The molecule has 0 aromatic heterocycles. The Balaban J connectivity index is 2.20. The molecule has 0 radical (unpaired) electrons. The highest BCUT2D eigenvalue weighted by Gasteiger charge is 2.19. The smallest absolute Gasteiger partial charge is 0.244 e. The molecule has 126 valence electrons. The number of hydrogen-bond acceptors (Lipinski definition) is 3. The number of ether oxygens (including phenoxy) is 1. The van der Waals surface area contributed by atoms with Crippen LogP contribution >= 0.6 is 11.6 Å². The van der Waals surface area contributed by atoms with E-state index in [0.29, 0.717) is 22.1 Å². The summed E-state index contributed by atoms with van der Waals surface area (Å²) in [4.78, 5) is 25.8. The van der Waals surface area contributed by atoms with Crippen LogP contribution in [0.1, 0.15) is 12.5 Å². The first kappa shape index (κ1) is 17.8. The first-order valence-corrected chi connectivity index (χ1v) is 7.78. The lowest BCUT2D eigenvalue weighted by atomic mass is 10.1. The zero-order valence-corrected chi connectivity index (χ0v) is 14.6. The number of benzene rings is 2. The molecule has 1 N–H and O–H groups in total. The van der Waals surface area contributed by atoms with Gasteiger partial charge in [-0.3, -0.25) is 9.59 Å². The molecule has 0 atom stereocenters. The summed E-state index contributed by atoms with van der Waals surface area (Å²) >= 11 is 6.11. The van der Waals surface area contributed by atoms with Crippen molar-refractivity contribution in [2.45, 2.75) is 13.8 Å². The van der Waals surface area contributed by atoms with E-state index in [-0.39, 0.29) is 18.4 Å². The molecule has 0 spiro atoms. The number of anilines is 2. The zero-order chi connectivity index (χ0) is 17.7. The average molecular weight is 347 g/mol. The maximum atomic E-state index is 12.4. The van der Waals surface area contributed by atoms with Gasteiger partial charge >= 0.3 is 0 Å². The number of nitrogens with zero attached hydrogens (tertiary/aromatic N) is 1. The van der Waals surface area contributed by atoms with E-state index < -0.39 is 0 Å². The third-order valence-electron chi connectivity index (χ3n) is 3.59. The number of rotatable bonds is 5. The van der Waals surface area contributed by atoms with Crippen LogP contribution in [0.15, 0.2) is 42.5 Å². The van der Waals surface area contributed by atoms with Gasteiger partial charge in [-0.05, 0) is 36.8 Å². The Morgan fingerprint density at radius 1 is 1.17 bits per heavy atom. The van der Waals surface area contributed by atoms with E-state index in [9.17, 15) is 9.59 Å². The molecule has 0 saturated heterocycles. The van der Waals surface area contributed by atoms with Crippen LogP contribution in [0.3, 0.4) is 0 Å². The number of methoxy groups -OCH3 is 1. The van der Waals surface area contributed by atoms with Gasteiger partial charge in [0.1, 0.15) is 12.3 Å². The minimum Gasteiger partial charge on any atom is -0.495 e. The van der Waals surface area contributed by atoms with Crippen LogP contribution in [-0.4, -0.2) is 25.5 Å². The molecule has 0 aliphatic rings. The van der Waals surface area contributed by atoms with Crippen molar-refractivity contribution in [1.29, 1.82) is 0 Å². The molecule has 0 heterocycles. The maximum absolute atomic E-state index is 12.4. The summed E-state index contributed by atoms with van der Waals surface area (Å²) < 4.78 is 5.21. The second-order valence-electron chi connectivity index (χ2n) is 5.24. The lowest BCUT2D eigenvalue weighted by Crippen LogP contribution is -2.37. The van der Waals surface area contributed by atoms with Crippen molar-refractivity contribution in [1.82, 2.24) is 0 Å². The quantitative estimate of drug-likeness (QED) is 0.899. The molecule has 2 aromatic carbocycles. The molecular weight excluding hydrogens is 328 g/mol. The van der Waals surface area contributed by atoms with Gasteiger partial charge in [0.05, 0.1) is 12.8 Å². The van der Waals surface area contributed by atoms with E-state index in [4.69, 9.17) is 16.3 Å². The van der Waals surface area contributed by atoms with Gasteiger partial charge in [-0.1, -0.05) is 29.8 Å². The van der Waals surface area contributed by atoms with Crippen molar-refractivity contribution < 1.29 is 14.3 Å². The lowest BCUT2D eigenvalue weighted by molar-refractivity contribution is -0.120. The molecule has 0 unspecified atom stereocenters. The van der Waals surface area contributed by atoms with Crippen molar-refractivity contribution in [3.63, 3.8) is 0 Å². The fourth-order valence-corrected chi connectivity index (χ4v) is 2.51. The Morgan fingerprint density at radius 3 is 2.54 bits per heavy atom. The minimum atomic E-state index is -0.325. The van der Waals surface area contributed by atoms with Gasteiger partial charge in [0.2, 0.25) is 11.8 Å². The van der Waals surface area contributed by atoms with E-state index in [1.54, 1.807) is 36.4 Å². The molecule has 0 fully saturated rings. The standard InChI is InChI=1S/C18H19ClN2O3/c1-12-14(19)7-6-9-16(12)21(13(2)22)11-18(23)20-15-8-4-5-10-17(15)24-3/h4-10H,11H2,1-3H3,(H,20,23). The van der Waals surface area contributed by atoms with Crippen molar-refractivity contribution in [3.05, 3.63) is 53.1 Å². The minimum absolute atomic E-state index is 0.117. The summed E-state index contributed by atoms with van der Waals surface area (Å²) in [5.41, 5.74) is 1.92. The normalized spacial score (nSPS) is 10.2. The van der Waals surface area contributed by atoms with E-state index in [0.717, 1.165) is 5.56 Å². The van der Waals surface area contributed by atoms with E-state index in [1.807, 2.05) is 13.0 Å². The summed E-state index contributed by atoms with van der Waals surface area (Å²) in [6.45, 7) is 3.11. The molecule has 2 aromatic rings. The van der Waals surface area contributed by atoms with Crippen LogP contribution in [0, 0.1) is 6.92 Å². The van der Waals surface area contributed by atoms with E-state index in [2.05, 4.69) is 5.32 Å². The number of carbonyl (C=O) groups excluding carboxylic acids is 2. The second kappa shape index (κ2) is 7.84. The zero-order valence-electron chi connectivity index (χ0n) is 13.8. The van der Waals surface area contributed by atoms with Crippen LogP contribution in [0.2, 0.25) is 5.02 Å². The van der Waals surface area contributed by atoms with Gasteiger partial charge in [0.15, 0.2) is 0 Å². The Labute approximate surface area is 146 Å². The summed E-state index contributed by atoms with van der Waals surface area (Å²) in [6, 6.07) is 12.3. The lowest BCUT2D eigenvalue weighted by Gasteiger charge is -2.23. The predicted molar refractivity (Wildman–Crippen MR) is 95.8 cm³/mol. The van der Waals surface area contributed by atoms with Gasteiger partial charge in [0.25, 0.3) is 0 Å². The first-order chi connectivity index (χ1) is 11.4. The molecule has 2 amide bonds. The molecule has 5 nitrogen and oxygen atoms in total. The molecule has 24 heavy (non-hydrogen) atoms. The molecule has 0 aliphatic carbocycles. The fraction of sp³-hybridized carbons (Fsp3) is 0.222. The highest BCUT2D eigenvalue weighted by molar-refractivity contribution is 6.31. The highest BCUT2D eigenvalue weighted by Crippen LogP contribution is 2.27. The monoisotopic (exact) mass is 346 g/mol. The van der Waals surface area contributed by atoms with Crippen molar-refractivity contribution in [2.24, 2.45) is 0 Å². The molecule has 6 heteroatoms. The first-order valence-electron chi connectivity index (χ1n) is 7.40. The summed E-state index contributed by atoms with van der Waals surface area (Å²) in [6.07, 6.45) is 0. The number of halogens is 1. The number of carbonyl (C=O) groups is 2. The maximum Gasteiger partial charge on any atom is 0.244 e. The van der Waals surface area contributed by atoms with Crippen molar-refractivity contribution in [2.75, 3.05) is 23.9 Å². The van der Waals surface area contributed by atoms with Gasteiger partial charge in [-0.25, -0.2) is 0 Å². The fourth-order valence-electron chi connectivity index (χ4n) is 2.34. The van der Waals surface area contributed by atoms with Gasteiger partial charge in [-0.2, -0.15) is 0 Å². The van der Waals surface area contributed by atoms with Gasteiger partial charge in [-0.15, -0.1) is 0 Å². The van der Waals surface area contributed by atoms with E-state index >= 15 is 0 Å². The second-order valence-corrected chi connectivity index (χ2v) is 5.64. The number of nitrogens with one attached hydrogen (secondary N) is 1. The van der Waals surface area contributed by atoms with Gasteiger partial charge < -0.3 is 15.0 Å². The largest absolute Gasteiger partial charge is 0.495 e. The van der Waals surface area contributed by atoms with Crippen LogP contribution in [0.25, 0.3) is 0 Å². The number of para-hydroxylation sites is 2. The van der Waals surface area contributed by atoms with Crippen LogP contribution in [-0.2, 0) is 9.59 Å². The predicted octanol–water partition coefficient (Wildman–Crippen LogP) is 3.65. The van der Waals surface area contributed by atoms with Crippen LogP contribution in [0.4, 0.5) is 11.4 Å². The van der Waals surface area contributed by atoms with Crippen molar-refractivity contribution in [3.8, 4) is 5.75 Å². The molecule has 0 bridgehead atoms. The topological polar surface area (TPSA) is 58.6 Å². The Hall–Kier alpha value is -2.53. The summed E-state index contributed by atoms with van der Waals surface area (Å²) in [5.74, 6) is -0.0104. The number of hydrogen-bond donors (Lipinski definition) is 1. The van der Waals surface area contributed by atoms with Crippen LogP contribution < -0.4 is 15.0 Å². The summed E-state index contributed by atoms with van der Waals surface area (Å²) in [7, 11) is 1.53. The number of amides is 2. The van der Waals surface area contributed by atoms with Crippen molar-refractivity contribution >= 4 is 34.8 Å². The molecular formula is C18H19ClN2O3. The SMILES string of the molecule is COc1ccccc1NC(=O)CN(C(C)=O)c1cccc(Cl)c1C. The Morgan fingerprint density at radius 2 is 1.88 bits per heavy atom. The van der Waals surface area contributed by atoms with E-state index in [1.165, 1.54) is 18.9 Å².